The molecule has 2 aromatic carbocycles. The van der Waals surface area contributed by atoms with E-state index >= 15 is 0 Å². The van der Waals surface area contributed by atoms with Crippen molar-refractivity contribution in [2.24, 2.45) is 5.10 Å². The van der Waals surface area contributed by atoms with Crippen LogP contribution in [0.1, 0.15) is 5.76 Å². The van der Waals surface area contributed by atoms with Crippen molar-refractivity contribution >= 4 is 72.8 Å². The molecule has 0 radical (unpaired) electrons. The lowest BCUT2D eigenvalue weighted by Crippen LogP contribution is -2.03. The lowest BCUT2D eigenvalue weighted by Gasteiger charge is -2.00. The minimum atomic E-state index is -0.450. The number of hydrazone groups is 1. The molecule has 0 fully saturated rings. The summed E-state index contributed by atoms with van der Waals surface area (Å²) in [7, 11) is 0. The van der Waals surface area contributed by atoms with Gasteiger partial charge >= 0.3 is 5.63 Å². The topological polar surface area (TPSA) is 80.6 Å². The first-order valence-corrected chi connectivity index (χ1v) is 11.9. The molecule has 3 heterocycles. The summed E-state index contributed by atoms with van der Waals surface area (Å²) in [5, 5.41) is 8.30. The van der Waals surface area contributed by atoms with Crippen molar-refractivity contribution in [2.45, 2.75) is 0 Å². The molecule has 0 unspecified atom stereocenters. The number of furan rings is 1. The number of fused-ring (bicyclic) bond motifs is 1. The summed E-state index contributed by atoms with van der Waals surface area (Å²) in [4.78, 5) is 16.8. The lowest BCUT2D eigenvalue weighted by molar-refractivity contribution is 0.563. The molecule has 10 heteroatoms. The van der Waals surface area contributed by atoms with Crippen molar-refractivity contribution in [3.8, 4) is 22.6 Å². The fourth-order valence-electron chi connectivity index (χ4n) is 3.13. The number of anilines is 1. The second-order valence-electron chi connectivity index (χ2n) is 6.86. The maximum absolute atomic E-state index is 12.4. The number of nitrogens with zero attached hydrogens (tertiary/aromatic N) is 2. The summed E-state index contributed by atoms with van der Waals surface area (Å²) in [5.74, 6) is 1.13. The van der Waals surface area contributed by atoms with Gasteiger partial charge in [-0.15, -0.1) is 11.3 Å². The predicted molar refractivity (Wildman–Crippen MR) is 137 cm³/mol. The monoisotopic (exact) mass is 559 g/mol. The first-order valence-electron chi connectivity index (χ1n) is 9.50. The number of benzene rings is 2. The van der Waals surface area contributed by atoms with E-state index in [-0.39, 0.29) is 0 Å². The highest BCUT2D eigenvalue weighted by atomic mass is 79.9. The molecule has 1 N–H and O–H groups in total. The van der Waals surface area contributed by atoms with E-state index in [2.05, 4.69) is 31.4 Å². The van der Waals surface area contributed by atoms with Gasteiger partial charge in [-0.25, -0.2) is 9.78 Å². The number of thiazole rings is 1. The van der Waals surface area contributed by atoms with Crippen molar-refractivity contribution in [2.75, 3.05) is 5.43 Å². The molecule has 5 aromatic rings. The lowest BCUT2D eigenvalue weighted by atomic mass is 10.1. The second-order valence-corrected chi connectivity index (χ2v) is 9.48. The molecule has 3 aromatic heterocycles. The van der Waals surface area contributed by atoms with E-state index in [1.807, 2.05) is 12.1 Å². The molecule has 0 aliphatic rings. The van der Waals surface area contributed by atoms with Crippen LogP contribution in [-0.4, -0.2) is 11.2 Å². The van der Waals surface area contributed by atoms with Crippen LogP contribution >= 0.6 is 50.5 Å². The summed E-state index contributed by atoms with van der Waals surface area (Å²) in [6, 6.07) is 16.0. The fraction of sp³-hybridized carbons (Fsp3) is 0. The smallest absolute Gasteiger partial charge is 0.345 e. The molecule has 0 amide bonds. The molecule has 33 heavy (non-hydrogen) atoms. The van der Waals surface area contributed by atoms with E-state index in [1.54, 1.807) is 47.8 Å². The summed E-state index contributed by atoms with van der Waals surface area (Å²) >= 11 is 16.9. The Kier molecular flexibility index (Phi) is 6.07. The van der Waals surface area contributed by atoms with Crippen LogP contribution in [0.4, 0.5) is 5.13 Å². The zero-order chi connectivity index (χ0) is 22.9. The quantitative estimate of drug-likeness (QED) is 0.135. The highest BCUT2D eigenvalue weighted by molar-refractivity contribution is 9.10. The molecule has 5 rings (SSSR count). The maximum Gasteiger partial charge on any atom is 0.345 e. The molecule has 0 saturated carbocycles. The Bertz CT molecular complexity index is 1580. The minimum Gasteiger partial charge on any atom is -0.455 e. The van der Waals surface area contributed by atoms with Gasteiger partial charge in [-0.3, -0.25) is 5.43 Å². The molecule has 0 spiro atoms. The number of hydrogen-bond acceptors (Lipinski definition) is 7. The number of hydrogen-bond donors (Lipinski definition) is 1. The Hall–Kier alpha value is -2.91. The summed E-state index contributed by atoms with van der Waals surface area (Å²) in [6.07, 6.45) is 1.52. The fourth-order valence-corrected chi connectivity index (χ4v) is 4.67. The van der Waals surface area contributed by atoms with Gasteiger partial charge in [-0.1, -0.05) is 39.1 Å². The first-order chi connectivity index (χ1) is 16.0. The van der Waals surface area contributed by atoms with Crippen molar-refractivity contribution in [3.63, 3.8) is 0 Å². The van der Waals surface area contributed by atoms with Crippen LogP contribution in [-0.2, 0) is 0 Å². The number of nitrogens with one attached hydrogen (secondary N) is 1. The Labute approximate surface area is 209 Å². The second kappa shape index (κ2) is 9.15. The Morgan fingerprint density at radius 2 is 1.91 bits per heavy atom. The molecule has 0 aliphatic heterocycles. The zero-order valence-corrected chi connectivity index (χ0v) is 20.4. The Morgan fingerprint density at radius 1 is 1.03 bits per heavy atom. The van der Waals surface area contributed by atoms with Crippen LogP contribution in [0.3, 0.4) is 0 Å². The van der Waals surface area contributed by atoms with Crippen molar-refractivity contribution in [1.82, 2.24) is 4.98 Å². The number of aromatic nitrogens is 1. The zero-order valence-electron chi connectivity index (χ0n) is 16.5. The van der Waals surface area contributed by atoms with Crippen molar-refractivity contribution < 1.29 is 8.83 Å². The van der Waals surface area contributed by atoms with Crippen molar-refractivity contribution in [1.29, 1.82) is 0 Å². The molecule has 0 atom stereocenters. The van der Waals surface area contributed by atoms with E-state index in [4.69, 9.17) is 32.0 Å². The van der Waals surface area contributed by atoms with E-state index in [9.17, 15) is 4.79 Å². The average molecular weight is 561 g/mol. The van der Waals surface area contributed by atoms with Crippen LogP contribution < -0.4 is 11.1 Å². The van der Waals surface area contributed by atoms with Gasteiger partial charge in [-0.2, -0.15) is 5.10 Å². The van der Waals surface area contributed by atoms with Crippen molar-refractivity contribution in [3.05, 3.63) is 90.7 Å². The van der Waals surface area contributed by atoms with Crippen LogP contribution in [0.25, 0.3) is 33.6 Å². The molecule has 0 saturated heterocycles. The molecule has 164 valence electrons. The summed E-state index contributed by atoms with van der Waals surface area (Å²) in [5.41, 5.74) is 4.54. The van der Waals surface area contributed by atoms with Gasteiger partial charge in [0.1, 0.15) is 17.1 Å². The average Bonchev–Trinajstić information content (AvgIpc) is 3.44. The summed E-state index contributed by atoms with van der Waals surface area (Å²) in [6.45, 7) is 0. The molecule has 6 nitrogen and oxygen atoms in total. The third-order valence-electron chi connectivity index (χ3n) is 4.65. The van der Waals surface area contributed by atoms with Gasteiger partial charge in [0, 0.05) is 25.8 Å². The summed E-state index contributed by atoms with van der Waals surface area (Å²) < 4.78 is 12.1. The van der Waals surface area contributed by atoms with Gasteiger partial charge in [0.15, 0.2) is 0 Å². The number of rotatable bonds is 5. The maximum atomic E-state index is 12.4. The predicted octanol–water partition coefficient (Wildman–Crippen LogP) is 7.69. The van der Waals surface area contributed by atoms with Gasteiger partial charge in [0.2, 0.25) is 5.13 Å². The molecule has 0 bridgehead atoms. The Morgan fingerprint density at radius 3 is 2.76 bits per heavy atom. The minimum absolute atomic E-state index is 0.379. The molecular weight excluding hydrogens is 549 g/mol. The molecular formula is C23H12BrCl2N3O3S. The van der Waals surface area contributed by atoms with Gasteiger partial charge in [0.05, 0.1) is 22.5 Å². The van der Waals surface area contributed by atoms with E-state index in [1.165, 1.54) is 17.6 Å². The highest BCUT2D eigenvalue weighted by Crippen LogP contribution is 2.31. The van der Waals surface area contributed by atoms with Crippen LogP contribution in [0.2, 0.25) is 10.0 Å². The van der Waals surface area contributed by atoms with Gasteiger partial charge < -0.3 is 8.83 Å². The van der Waals surface area contributed by atoms with E-state index in [0.29, 0.717) is 43.5 Å². The normalized spacial score (nSPS) is 11.5. The van der Waals surface area contributed by atoms with Gasteiger partial charge in [0.25, 0.3) is 0 Å². The third-order valence-corrected chi connectivity index (χ3v) is 6.44. The highest BCUT2D eigenvalue weighted by Gasteiger charge is 2.12. The molecule has 0 aliphatic carbocycles. The van der Waals surface area contributed by atoms with Gasteiger partial charge in [-0.05, 0) is 54.6 Å². The van der Waals surface area contributed by atoms with E-state index < -0.39 is 5.63 Å². The van der Waals surface area contributed by atoms with Crippen LogP contribution in [0.15, 0.2) is 83.2 Å². The first kappa shape index (κ1) is 21.9. The van der Waals surface area contributed by atoms with Crippen LogP contribution in [0, 0.1) is 0 Å². The standard InChI is InChI=1S/C23H12BrCl2N3O3S/c24-13-1-5-20-12(7-13)8-17(22(30)32-20)19-11-33-23(28-19)29-27-10-15-3-6-21(31-15)16-4-2-14(25)9-18(16)26/h1-11H,(H,28,29)/b27-10+. The number of halogens is 3. The largest absolute Gasteiger partial charge is 0.455 e. The van der Waals surface area contributed by atoms with Crippen LogP contribution in [0.5, 0.6) is 0 Å². The Balaban J connectivity index is 1.32. The SMILES string of the molecule is O=c1oc2ccc(Br)cc2cc1-c1csc(N/N=C/c2ccc(-c3ccc(Cl)cc3Cl)o2)n1. The van der Waals surface area contributed by atoms with E-state index in [0.717, 1.165) is 15.4 Å². The third kappa shape index (κ3) is 4.74.